The number of thioether (sulfide) groups is 1. The zero-order chi connectivity index (χ0) is 22.7. The molecule has 8 nitrogen and oxygen atoms in total. The van der Waals surface area contributed by atoms with E-state index in [9.17, 15) is 15.3 Å². The number of hydrogen-bond acceptors (Lipinski definition) is 10. The minimum Gasteiger partial charge on any atom is -0.464 e. The summed E-state index contributed by atoms with van der Waals surface area (Å²) in [6.45, 7) is 1.69. The van der Waals surface area contributed by atoms with Crippen LogP contribution >= 0.6 is 34.4 Å². The van der Waals surface area contributed by atoms with Gasteiger partial charge in [0, 0.05) is 5.38 Å². The predicted octanol–water partition coefficient (Wildman–Crippen LogP) is 4.97. The first-order chi connectivity index (χ1) is 15.5. The van der Waals surface area contributed by atoms with Crippen LogP contribution in [0.3, 0.4) is 0 Å². The van der Waals surface area contributed by atoms with Gasteiger partial charge in [-0.3, -0.25) is 4.79 Å². The second-order valence-corrected chi connectivity index (χ2v) is 9.53. The number of nitrogens with two attached hydrogens (primary N) is 1. The van der Waals surface area contributed by atoms with Gasteiger partial charge < -0.3 is 15.5 Å². The first kappa shape index (κ1) is 21.6. The van der Waals surface area contributed by atoms with Gasteiger partial charge in [-0.15, -0.1) is 22.7 Å². The molecule has 4 aromatic heterocycles. The van der Waals surface area contributed by atoms with E-state index in [1.54, 1.807) is 30.4 Å². The Morgan fingerprint density at radius 2 is 2.03 bits per heavy atom. The maximum Gasteiger partial charge on any atom is 0.239 e. The van der Waals surface area contributed by atoms with Gasteiger partial charge in [0.25, 0.3) is 0 Å². The van der Waals surface area contributed by atoms with Gasteiger partial charge in [-0.05, 0) is 30.5 Å². The average molecular weight is 479 g/mol. The van der Waals surface area contributed by atoms with E-state index in [4.69, 9.17) is 10.2 Å². The van der Waals surface area contributed by atoms with Crippen molar-refractivity contribution in [3.05, 3.63) is 52.4 Å². The van der Waals surface area contributed by atoms with Crippen molar-refractivity contribution < 1.29 is 9.21 Å². The van der Waals surface area contributed by atoms with E-state index in [1.165, 1.54) is 17.6 Å². The number of thiazole rings is 1. The van der Waals surface area contributed by atoms with Crippen LogP contribution in [0.2, 0.25) is 0 Å². The van der Waals surface area contributed by atoms with E-state index in [2.05, 4.69) is 21.4 Å². The maximum absolute atomic E-state index is 12.8. The average Bonchev–Trinajstić information content (AvgIpc) is 3.55. The highest BCUT2D eigenvalue weighted by Crippen LogP contribution is 2.37. The zero-order valence-corrected chi connectivity index (χ0v) is 19.0. The molecule has 1 atom stereocenters. The van der Waals surface area contributed by atoms with Crippen LogP contribution in [0.1, 0.15) is 18.1 Å². The number of aromatic nitrogens is 2. The Balaban J connectivity index is 1.58. The first-order valence-electron chi connectivity index (χ1n) is 9.16. The standard InChI is InChI=1S/C21H14N6O2S3/c1-11(19(28)27-21-25-14(10-31-21)16-5-3-7-30-16)32-20-13(9-23)17(15-4-2-6-29-15)12(8-22)18(24)26-20/h2-7,10-11H,1H3,(H2,24,26)(H,25,27,28). The van der Waals surface area contributed by atoms with Crippen molar-refractivity contribution in [1.29, 1.82) is 10.5 Å². The lowest BCUT2D eigenvalue weighted by Crippen LogP contribution is -2.22. The van der Waals surface area contributed by atoms with Crippen LogP contribution in [0, 0.1) is 22.7 Å². The van der Waals surface area contributed by atoms with Gasteiger partial charge >= 0.3 is 0 Å². The zero-order valence-electron chi connectivity index (χ0n) is 16.5. The molecule has 0 saturated heterocycles. The molecule has 1 amide bonds. The number of carbonyl (C=O) groups excluding carboxylic acids is 1. The molecule has 0 spiro atoms. The van der Waals surface area contributed by atoms with E-state index in [1.807, 2.05) is 29.0 Å². The fourth-order valence-corrected chi connectivity index (χ4v) is 5.24. The maximum atomic E-state index is 12.8. The van der Waals surface area contributed by atoms with Crippen molar-refractivity contribution in [2.24, 2.45) is 0 Å². The van der Waals surface area contributed by atoms with Gasteiger partial charge in [-0.1, -0.05) is 17.8 Å². The first-order valence-corrected chi connectivity index (χ1v) is 11.8. The Hall–Kier alpha value is -3.64. The molecule has 0 saturated carbocycles. The third-order valence-electron chi connectivity index (χ3n) is 4.35. The van der Waals surface area contributed by atoms with Crippen LogP contribution in [-0.4, -0.2) is 21.1 Å². The number of rotatable bonds is 6. The summed E-state index contributed by atoms with van der Waals surface area (Å²) in [7, 11) is 0. The van der Waals surface area contributed by atoms with Gasteiger partial charge in [0.15, 0.2) is 5.13 Å². The second-order valence-electron chi connectivity index (χ2n) is 6.39. The molecule has 4 rings (SSSR count). The Labute approximate surface area is 195 Å². The Bertz CT molecular complexity index is 1350. The molecule has 11 heteroatoms. The topological polar surface area (TPSA) is 142 Å². The molecule has 0 aliphatic carbocycles. The van der Waals surface area contributed by atoms with Crippen molar-refractivity contribution in [3.63, 3.8) is 0 Å². The summed E-state index contributed by atoms with van der Waals surface area (Å²) in [5.41, 5.74) is 7.24. The normalized spacial score (nSPS) is 11.5. The van der Waals surface area contributed by atoms with Crippen LogP contribution in [-0.2, 0) is 4.79 Å². The highest BCUT2D eigenvalue weighted by atomic mass is 32.2. The summed E-state index contributed by atoms with van der Waals surface area (Å²) in [6.07, 6.45) is 1.44. The fraction of sp³-hybridized carbons (Fsp3) is 0.0952. The molecular formula is C21H14N6O2S3. The van der Waals surface area contributed by atoms with Gasteiger partial charge in [0.1, 0.15) is 34.3 Å². The summed E-state index contributed by atoms with van der Waals surface area (Å²) < 4.78 is 5.40. The van der Waals surface area contributed by atoms with Crippen molar-refractivity contribution in [2.75, 3.05) is 11.1 Å². The van der Waals surface area contributed by atoms with E-state index >= 15 is 0 Å². The molecule has 0 radical (unpaired) electrons. The van der Waals surface area contributed by atoms with Crippen molar-refractivity contribution >= 4 is 51.3 Å². The van der Waals surface area contributed by atoms with E-state index < -0.39 is 5.25 Å². The molecule has 4 heterocycles. The monoisotopic (exact) mass is 478 g/mol. The number of nitriles is 2. The molecule has 0 aromatic carbocycles. The molecule has 0 fully saturated rings. The van der Waals surface area contributed by atoms with E-state index in [0.29, 0.717) is 10.9 Å². The van der Waals surface area contributed by atoms with Gasteiger partial charge in [-0.25, -0.2) is 9.97 Å². The quantitative estimate of drug-likeness (QED) is 0.370. The molecule has 3 N–H and O–H groups in total. The van der Waals surface area contributed by atoms with E-state index in [0.717, 1.165) is 22.3 Å². The lowest BCUT2D eigenvalue weighted by molar-refractivity contribution is -0.115. The Kier molecular flexibility index (Phi) is 6.23. The number of carbonyl (C=O) groups is 1. The van der Waals surface area contributed by atoms with Crippen LogP contribution in [0.15, 0.2) is 50.7 Å². The number of thiophene rings is 1. The number of furan rings is 1. The third kappa shape index (κ3) is 4.22. The summed E-state index contributed by atoms with van der Waals surface area (Å²) in [6, 6.07) is 11.2. The SMILES string of the molecule is CC(Sc1nc(N)c(C#N)c(-c2ccco2)c1C#N)C(=O)Nc1nc(-c2cccs2)cs1. The highest BCUT2D eigenvalue weighted by Gasteiger charge is 2.25. The summed E-state index contributed by atoms with van der Waals surface area (Å²) in [5.74, 6) is -0.00110. The Morgan fingerprint density at radius 3 is 2.69 bits per heavy atom. The van der Waals surface area contributed by atoms with Gasteiger partial charge in [0.05, 0.1) is 33.2 Å². The molecule has 0 aliphatic rings. The number of nitrogens with zero attached hydrogens (tertiary/aromatic N) is 4. The van der Waals surface area contributed by atoms with Crippen molar-refractivity contribution in [2.45, 2.75) is 17.2 Å². The number of nitrogen functional groups attached to an aromatic ring is 1. The largest absolute Gasteiger partial charge is 0.464 e. The summed E-state index contributed by atoms with van der Waals surface area (Å²) in [4.78, 5) is 22.4. The second kappa shape index (κ2) is 9.24. The minimum atomic E-state index is -0.611. The van der Waals surface area contributed by atoms with Crippen LogP contribution < -0.4 is 11.1 Å². The predicted molar refractivity (Wildman–Crippen MR) is 125 cm³/mol. The number of amides is 1. The lowest BCUT2D eigenvalue weighted by Gasteiger charge is -2.14. The molecular weight excluding hydrogens is 464 g/mol. The number of hydrogen-bond donors (Lipinski definition) is 2. The van der Waals surface area contributed by atoms with Crippen molar-refractivity contribution in [3.8, 4) is 34.0 Å². The summed E-state index contributed by atoms with van der Waals surface area (Å²) >= 11 is 3.98. The molecule has 158 valence electrons. The molecule has 32 heavy (non-hydrogen) atoms. The molecule has 4 aromatic rings. The Morgan fingerprint density at radius 1 is 1.22 bits per heavy atom. The number of anilines is 2. The van der Waals surface area contributed by atoms with Gasteiger partial charge in [-0.2, -0.15) is 10.5 Å². The highest BCUT2D eigenvalue weighted by molar-refractivity contribution is 8.00. The number of pyridine rings is 1. The van der Waals surface area contributed by atoms with Crippen LogP contribution in [0.5, 0.6) is 0 Å². The number of nitrogens with one attached hydrogen (secondary N) is 1. The van der Waals surface area contributed by atoms with E-state index in [-0.39, 0.29) is 33.4 Å². The summed E-state index contributed by atoms with van der Waals surface area (Å²) in [5, 5.41) is 26.1. The van der Waals surface area contributed by atoms with Crippen LogP contribution in [0.25, 0.3) is 21.9 Å². The lowest BCUT2D eigenvalue weighted by atomic mass is 10.0. The minimum absolute atomic E-state index is 0.0338. The molecule has 0 aliphatic heterocycles. The van der Waals surface area contributed by atoms with Crippen molar-refractivity contribution in [1.82, 2.24) is 9.97 Å². The van der Waals surface area contributed by atoms with Gasteiger partial charge in [0.2, 0.25) is 5.91 Å². The van der Waals surface area contributed by atoms with Crippen LogP contribution in [0.4, 0.5) is 10.9 Å². The molecule has 1 unspecified atom stereocenters. The fourth-order valence-electron chi connectivity index (χ4n) is 2.85. The smallest absolute Gasteiger partial charge is 0.239 e. The third-order valence-corrected chi connectivity index (χ3v) is 7.09. The molecule has 0 bridgehead atoms.